The Hall–Kier alpha value is -3.35. The molecule has 1 aliphatic rings. The van der Waals surface area contributed by atoms with Crippen LogP contribution >= 0.6 is 0 Å². The lowest BCUT2D eigenvalue weighted by atomic mass is 9.92. The first kappa shape index (κ1) is 23.3. The zero-order chi connectivity index (χ0) is 23.3. The number of benzene rings is 2. The molecule has 0 saturated heterocycles. The van der Waals surface area contributed by atoms with E-state index in [1.54, 1.807) is 0 Å². The minimum atomic E-state index is -1.09. The summed E-state index contributed by atoms with van der Waals surface area (Å²) >= 11 is 0. The molecule has 0 heterocycles. The molecule has 0 fully saturated rings. The Bertz CT molecular complexity index is 942. The van der Waals surface area contributed by atoms with Gasteiger partial charge in [-0.1, -0.05) is 62.4 Å². The van der Waals surface area contributed by atoms with E-state index in [4.69, 9.17) is 9.84 Å². The highest BCUT2D eigenvalue weighted by atomic mass is 16.5. The molecular formula is C25H30N2O5. The van der Waals surface area contributed by atoms with Gasteiger partial charge in [0.1, 0.15) is 12.6 Å². The monoisotopic (exact) mass is 438 g/mol. The van der Waals surface area contributed by atoms with Gasteiger partial charge in [-0.3, -0.25) is 9.59 Å². The fourth-order valence-electron chi connectivity index (χ4n) is 4.01. The second-order valence-corrected chi connectivity index (χ2v) is 8.54. The summed E-state index contributed by atoms with van der Waals surface area (Å²) in [6.45, 7) is 5.82. The smallest absolute Gasteiger partial charge is 0.407 e. The third kappa shape index (κ3) is 5.46. The number of carboxylic acids is 1. The van der Waals surface area contributed by atoms with E-state index in [9.17, 15) is 14.4 Å². The number of aliphatic carboxylic acids is 1. The second-order valence-electron chi connectivity index (χ2n) is 8.54. The van der Waals surface area contributed by atoms with E-state index in [2.05, 4.69) is 34.9 Å². The Morgan fingerprint density at radius 2 is 1.53 bits per heavy atom. The Kier molecular flexibility index (Phi) is 7.51. The lowest BCUT2D eigenvalue weighted by Gasteiger charge is -2.22. The molecule has 170 valence electrons. The minimum absolute atomic E-state index is 0.0164. The molecule has 3 N–H and O–H groups in total. The highest BCUT2D eigenvalue weighted by Crippen LogP contribution is 2.44. The quantitative estimate of drug-likeness (QED) is 0.553. The molecule has 1 aliphatic carbocycles. The fourth-order valence-corrected chi connectivity index (χ4v) is 4.01. The lowest BCUT2D eigenvalue weighted by molar-refractivity contribution is -0.141. The van der Waals surface area contributed by atoms with Crippen molar-refractivity contribution in [2.24, 2.45) is 11.8 Å². The zero-order valence-corrected chi connectivity index (χ0v) is 18.6. The van der Waals surface area contributed by atoms with Gasteiger partial charge in [-0.15, -0.1) is 0 Å². The summed E-state index contributed by atoms with van der Waals surface area (Å²) in [5, 5.41) is 14.1. The van der Waals surface area contributed by atoms with Crippen LogP contribution in [-0.4, -0.2) is 42.3 Å². The molecule has 3 rings (SSSR count). The number of nitrogens with one attached hydrogen (secondary N) is 2. The molecule has 7 nitrogen and oxygen atoms in total. The number of carbonyl (C=O) groups excluding carboxylic acids is 2. The van der Waals surface area contributed by atoms with Gasteiger partial charge in [0.25, 0.3) is 0 Å². The van der Waals surface area contributed by atoms with Crippen molar-refractivity contribution in [3.8, 4) is 11.1 Å². The van der Waals surface area contributed by atoms with Gasteiger partial charge in [0.05, 0.1) is 0 Å². The SMILES string of the molecule is CC(C)C(CNC(=O)OCC1c2ccccc2-c2ccccc21)CC(=O)N[C@H](C)C(=O)O. The standard InChI is InChI=1S/C25H30N2O5/c1-15(2)17(12-23(28)27-16(3)24(29)30)13-26-25(31)32-14-22-20-10-6-4-8-18(20)19-9-5-7-11-21(19)22/h4-11,15-17,22H,12-14H2,1-3H3,(H,26,31)(H,27,28)(H,29,30)/t16-,17?/m1/s1. The lowest BCUT2D eigenvalue weighted by Crippen LogP contribution is -2.41. The Labute approximate surface area is 188 Å². The fraction of sp³-hybridized carbons (Fsp3) is 0.400. The third-order valence-electron chi connectivity index (χ3n) is 5.99. The van der Waals surface area contributed by atoms with E-state index >= 15 is 0 Å². The van der Waals surface area contributed by atoms with Crippen LogP contribution in [0.25, 0.3) is 11.1 Å². The molecule has 0 aliphatic heterocycles. The summed E-state index contributed by atoms with van der Waals surface area (Å²) in [5.74, 6) is -1.48. The highest BCUT2D eigenvalue weighted by Gasteiger charge is 2.29. The number of carbonyl (C=O) groups is 3. The molecular weight excluding hydrogens is 408 g/mol. The zero-order valence-electron chi connectivity index (χ0n) is 18.6. The molecule has 2 atom stereocenters. The molecule has 2 aromatic rings. The molecule has 7 heteroatoms. The Morgan fingerprint density at radius 3 is 2.06 bits per heavy atom. The molecule has 0 bridgehead atoms. The van der Waals surface area contributed by atoms with Crippen molar-refractivity contribution < 1.29 is 24.2 Å². The van der Waals surface area contributed by atoms with Crippen molar-refractivity contribution in [1.82, 2.24) is 10.6 Å². The first-order valence-electron chi connectivity index (χ1n) is 10.9. The van der Waals surface area contributed by atoms with Crippen LogP contribution in [0.2, 0.25) is 0 Å². The maximum absolute atomic E-state index is 12.4. The molecule has 0 spiro atoms. The number of rotatable bonds is 9. The van der Waals surface area contributed by atoms with Gasteiger partial charge in [-0.25, -0.2) is 4.79 Å². The summed E-state index contributed by atoms with van der Waals surface area (Å²) in [6.07, 6.45) is -0.407. The van der Waals surface area contributed by atoms with E-state index < -0.39 is 18.1 Å². The minimum Gasteiger partial charge on any atom is -0.480 e. The van der Waals surface area contributed by atoms with Crippen LogP contribution in [0, 0.1) is 11.8 Å². The molecule has 0 radical (unpaired) electrons. The van der Waals surface area contributed by atoms with Crippen LogP contribution in [0.3, 0.4) is 0 Å². The second kappa shape index (κ2) is 10.3. The molecule has 1 unspecified atom stereocenters. The number of ether oxygens (including phenoxy) is 1. The largest absolute Gasteiger partial charge is 0.480 e. The predicted molar refractivity (Wildman–Crippen MR) is 121 cm³/mol. The summed E-state index contributed by atoms with van der Waals surface area (Å²) in [7, 11) is 0. The summed E-state index contributed by atoms with van der Waals surface area (Å²) in [5.41, 5.74) is 4.62. The maximum atomic E-state index is 12.4. The molecule has 0 saturated carbocycles. The van der Waals surface area contributed by atoms with Gasteiger partial charge in [-0.2, -0.15) is 0 Å². The molecule has 32 heavy (non-hydrogen) atoms. The first-order valence-corrected chi connectivity index (χ1v) is 10.9. The van der Waals surface area contributed by atoms with Gasteiger partial charge in [-0.05, 0) is 41.0 Å². The topological polar surface area (TPSA) is 105 Å². The Morgan fingerprint density at radius 1 is 0.969 bits per heavy atom. The van der Waals surface area contributed by atoms with Crippen LogP contribution < -0.4 is 10.6 Å². The predicted octanol–water partition coefficient (Wildman–Crippen LogP) is 3.78. The average molecular weight is 439 g/mol. The van der Waals surface area contributed by atoms with Crippen molar-refractivity contribution in [3.63, 3.8) is 0 Å². The molecule has 2 aromatic carbocycles. The van der Waals surface area contributed by atoms with Crippen LogP contribution in [0.5, 0.6) is 0 Å². The average Bonchev–Trinajstić information content (AvgIpc) is 3.08. The van der Waals surface area contributed by atoms with Crippen LogP contribution in [0.1, 0.15) is 44.2 Å². The number of alkyl carbamates (subject to hydrolysis) is 1. The van der Waals surface area contributed by atoms with Crippen LogP contribution in [-0.2, 0) is 14.3 Å². The highest BCUT2D eigenvalue weighted by molar-refractivity contribution is 5.83. The Balaban J connectivity index is 1.54. The van der Waals surface area contributed by atoms with Crippen molar-refractivity contribution in [3.05, 3.63) is 59.7 Å². The van der Waals surface area contributed by atoms with Crippen molar-refractivity contribution in [2.75, 3.05) is 13.2 Å². The van der Waals surface area contributed by atoms with Crippen molar-refractivity contribution in [2.45, 2.75) is 39.2 Å². The van der Waals surface area contributed by atoms with E-state index in [1.165, 1.54) is 18.1 Å². The van der Waals surface area contributed by atoms with E-state index in [1.807, 2.05) is 38.1 Å². The van der Waals surface area contributed by atoms with Gasteiger partial charge < -0.3 is 20.5 Å². The number of hydrogen-bond acceptors (Lipinski definition) is 4. The molecule has 2 amide bonds. The van der Waals surface area contributed by atoms with E-state index in [0.717, 1.165) is 11.1 Å². The number of amides is 2. The number of carboxylic acid groups (broad SMARTS) is 1. The first-order chi connectivity index (χ1) is 15.3. The summed E-state index contributed by atoms with van der Waals surface area (Å²) < 4.78 is 5.54. The van der Waals surface area contributed by atoms with Crippen molar-refractivity contribution in [1.29, 1.82) is 0 Å². The van der Waals surface area contributed by atoms with Gasteiger partial charge >= 0.3 is 12.1 Å². The molecule has 0 aromatic heterocycles. The van der Waals surface area contributed by atoms with E-state index in [0.29, 0.717) is 0 Å². The summed E-state index contributed by atoms with van der Waals surface area (Å²) in [4.78, 5) is 35.4. The summed E-state index contributed by atoms with van der Waals surface area (Å²) in [6, 6.07) is 15.3. The third-order valence-corrected chi connectivity index (χ3v) is 5.99. The van der Waals surface area contributed by atoms with Gasteiger partial charge in [0.2, 0.25) is 5.91 Å². The van der Waals surface area contributed by atoms with E-state index in [-0.39, 0.29) is 43.2 Å². The maximum Gasteiger partial charge on any atom is 0.407 e. The number of hydrogen-bond donors (Lipinski definition) is 3. The van der Waals surface area contributed by atoms with Crippen molar-refractivity contribution >= 4 is 18.0 Å². The van der Waals surface area contributed by atoms with Gasteiger partial charge in [0, 0.05) is 18.9 Å². The normalized spacial score (nSPS) is 14.2. The van der Waals surface area contributed by atoms with Crippen LogP contribution in [0.15, 0.2) is 48.5 Å². The van der Waals surface area contributed by atoms with Gasteiger partial charge in [0.15, 0.2) is 0 Å². The number of fused-ring (bicyclic) bond motifs is 3. The van der Waals surface area contributed by atoms with Crippen LogP contribution in [0.4, 0.5) is 4.79 Å².